The molecule has 2 N–H and O–H groups in total. The van der Waals surface area contributed by atoms with E-state index in [-0.39, 0.29) is 35.7 Å². The summed E-state index contributed by atoms with van der Waals surface area (Å²) in [6, 6.07) is 7.56. The zero-order chi connectivity index (χ0) is 19.3. The van der Waals surface area contributed by atoms with E-state index in [0.717, 1.165) is 6.54 Å². The molecular formula is C20H32ClN3O2S. The van der Waals surface area contributed by atoms with E-state index in [0.29, 0.717) is 23.7 Å². The molecule has 0 aliphatic carbocycles. The highest BCUT2D eigenvalue weighted by molar-refractivity contribution is 7.99. The van der Waals surface area contributed by atoms with Crippen LogP contribution < -0.4 is 10.6 Å². The zero-order valence-electron chi connectivity index (χ0n) is 16.9. The van der Waals surface area contributed by atoms with Gasteiger partial charge in [-0.2, -0.15) is 0 Å². The Bertz CT molecular complexity index is 631. The number of carbonyl (C=O) groups excluding carboxylic acids is 2. The van der Waals surface area contributed by atoms with Crippen LogP contribution in [0.4, 0.5) is 0 Å². The maximum Gasteiger partial charge on any atom is 0.255 e. The van der Waals surface area contributed by atoms with Gasteiger partial charge in [-0.05, 0) is 36.6 Å². The molecule has 2 amide bonds. The Morgan fingerprint density at radius 2 is 1.89 bits per heavy atom. The van der Waals surface area contributed by atoms with E-state index in [4.69, 9.17) is 0 Å². The standard InChI is InChI=1S/C20H31N3O2S.ClH/c1-6-21-14(2)11-22-18(24)17-12-26-13-23(17)19(25)15-7-9-16(10-8-15)20(3,4)5;/h7-10,14,17,21H,6,11-13H2,1-5H3,(H,22,24);1H/t14-,17?;/m1./s1. The van der Waals surface area contributed by atoms with Gasteiger partial charge >= 0.3 is 0 Å². The van der Waals surface area contributed by atoms with Gasteiger partial charge in [-0.25, -0.2) is 0 Å². The first-order chi connectivity index (χ1) is 12.2. The second-order valence-corrected chi connectivity index (χ2v) is 8.82. The fourth-order valence-corrected chi connectivity index (χ4v) is 4.08. The Labute approximate surface area is 173 Å². The molecule has 0 aromatic heterocycles. The Morgan fingerprint density at radius 3 is 2.44 bits per heavy atom. The van der Waals surface area contributed by atoms with Gasteiger partial charge in [-0.15, -0.1) is 24.2 Å². The molecule has 7 heteroatoms. The highest BCUT2D eigenvalue weighted by atomic mass is 35.5. The van der Waals surface area contributed by atoms with Crippen LogP contribution in [0.2, 0.25) is 0 Å². The number of carbonyl (C=O) groups is 2. The minimum Gasteiger partial charge on any atom is -0.353 e. The molecule has 1 aromatic carbocycles. The summed E-state index contributed by atoms with van der Waals surface area (Å²) in [4.78, 5) is 27.1. The molecule has 5 nitrogen and oxygen atoms in total. The third-order valence-electron chi connectivity index (χ3n) is 4.58. The fraction of sp³-hybridized carbons (Fsp3) is 0.600. The van der Waals surface area contributed by atoms with Crippen LogP contribution in [0.15, 0.2) is 24.3 Å². The number of benzene rings is 1. The first kappa shape index (κ1) is 23.8. The molecule has 0 spiro atoms. The first-order valence-electron chi connectivity index (χ1n) is 9.24. The van der Waals surface area contributed by atoms with E-state index >= 15 is 0 Å². The molecule has 2 atom stereocenters. The lowest BCUT2D eigenvalue weighted by molar-refractivity contribution is -0.124. The van der Waals surface area contributed by atoms with Gasteiger partial charge in [0.1, 0.15) is 6.04 Å². The van der Waals surface area contributed by atoms with E-state index < -0.39 is 6.04 Å². The zero-order valence-corrected chi connectivity index (χ0v) is 18.5. The van der Waals surface area contributed by atoms with Crippen molar-refractivity contribution in [3.63, 3.8) is 0 Å². The van der Waals surface area contributed by atoms with E-state index in [1.165, 1.54) is 5.56 Å². The first-order valence-corrected chi connectivity index (χ1v) is 10.4. The number of likely N-dealkylation sites (N-methyl/N-ethyl adjacent to an activating group) is 1. The molecule has 0 radical (unpaired) electrons. The second-order valence-electron chi connectivity index (χ2n) is 7.82. The Hall–Kier alpha value is -1.24. The summed E-state index contributed by atoms with van der Waals surface area (Å²) in [5, 5.41) is 6.23. The predicted molar refractivity (Wildman–Crippen MR) is 116 cm³/mol. The Balaban J connectivity index is 0.00000364. The summed E-state index contributed by atoms with van der Waals surface area (Å²) in [7, 11) is 0. The van der Waals surface area contributed by atoms with E-state index in [1.807, 2.05) is 38.1 Å². The van der Waals surface area contributed by atoms with Crippen molar-refractivity contribution in [3.05, 3.63) is 35.4 Å². The Morgan fingerprint density at radius 1 is 1.26 bits per heavy atom. The average Bonchev–Trinajstić information content (AvgIpc) is 3.08. The summed E-state index contributed by atoms with van der Waals surface area (Å²) in [6.45, 7) is 12.0. The summed E-state index contributed by atoms with van der Waals surface area (Å²) < 4.78 is 0. The third kappa shape index (κ3) is 6.40. The molecule has 1 fully saturated rings. The predicted octanol–water partition coefficient (Wildman–Crippen LogP) is 3.04. The van der Waals surface area contributed by atoms with Crippen LogP contribution in [0.5, 0.6) is 0 Å². The van der Waals surface area contributed by atoms with Gasteiger partial charge in [0.2, 0.25) is 5.91 Å². The highest BCUT2D eigenvalue weighted by Gasteiger charge is 2.35. The summed E-state index contributed by atoms with van der Waals surface area (Å²) >= 11 is 1.62. The minimum atomic E-state index is -0.399. The smallest absolute Gasteiger partial charge is 0.255 e. The lowest BCUT2D eigenvalue weighted by Crippen LogP contribution is -2.49. The van der Waals surface area contributed by atoms with Crippen LogP contribution in [0, 0.1) is 0 Å². The van der Waals surface area contributed by atoms with Gasteiger partial charge in [-0.3, -0.25) is 9.59 Å². The molecule has 0 bridgehead atoms. The lowest BCUT2D eigenvalue weighted by atomic mass is 9.86. The number of nitrogens with one attached hydrogen (secondary N) is 2. The van der Waals surface area contributed by atoms with Gasteiger partial charge in [-0.1, -0.05) is 39.8 Å². The molecule has 27 heavy (non-hydrogen) atoms. The largest absolute Gasteiger partial charge is 0.353 e. The fourth-order valence-electron chi connectivity index (χ4n) is 2.93. The second kappa shape index (κ2) is 10.3. The van der Waals surface area contributed by atoms with E-state index in [9.17, 15) is 9.59 Å². The molecule has 1 heterocycles. The van der Waals surface area contributed by atoms with Crippen LogP contribution in [0.3, 0.4) is 0 Å². The summed E-state index contributed by atoms with van der Waals surface area (Å²) in [5.74, 6) is 1.06. The molecule has 2 rings (SSSR count). The maximum atomic E-state index is 12.9. The van der Waals surface area contributed by atoms with Crippen LogP contribution in [-0.4, -0.2) is 53.5 Å². The molecule has 1 aliphatic heterocycles. The van der Waals surface area contributed by atoms with Crippen LogP contribution >= 0.6 is 24.2 Å². The Kier molecular flexibility index (Phi) is 9.12. The van der Waals surface area contributed by atoms with Crippen molar-refractivity contribution in [1.29, 1.82) is 0 Å². The topological polar surface area (TPSA) is 61.4 Å². The quantitative estimate of drug-likeness (QED) is 0.752. The van der Waals surface area contributed by atoms with E-state index in [2.05, 4.69) is 31.4 Å². The number of hydrogen-bond acceptors (Lipinski definition) is 4. The van der Waals surface area contributed by atoms with Gasteiger partial charge in [0.25, 0.3) is 5.91 Å². The SMILES string of the molecule is CCN[C@H](C)CNC(=O)C1CSCN1C(=O)c1ccc(C(C)(C)C)cc1.Cl. The molecule has 1 unspecified atom stereocenters. The van der Waals surface area contributed by atoms with Crippen molar-refractivity contribution in [3.8, 4) is 0 Å². The third-order valence-corrected chi connectivity index (χ3v) is 5.59. The normalized spacial score (nSPS) is 18.0. The molecule has 1 saturated heterocycles. The maximum absolute atomic E-state index is 12.9. The number of rotatable bonds is 6. The monoisotopic (exact) mass is 413 g/mol. The van der Waals surface area contributed by atoms with Crippen LogP contribution in [0.1, 0.15) is 50.5 Å². The number of thioether (sulfide) groups is 1. The van der Waals surface area contributed by atoms with Crippen molar-refractivity contribution in [2.45, 2.75) is 52.1 Å². The molecular weight excluding hydrogens is 382 g/mol. The van der Waals surface area contributed by atoms with Crippen molar-refractivity contribution >= 4 is 36.0 Å². The van der Waals surface area contributed by atoms with Crippen molar-refractivity contribution in [2.75, 3.05) is 24.7 Å². The van der Waals surface area contributed by atoms with Crippen molar-refractivity contribution < 1.29 is 9.59 Å². The number of nitrogens with zero attached hydrogens (tertiary/aromatic N) is 1. The number of hydrogen-bond donors (Lipinski definition) is 2. The average molecular weight is 414 g/mol. The van der Waals surface area contributed by atoms with Gasteiger partial charge in [0.05, 0.1) is 5.88 Å². The number of amides is 2. The molecule has 1 aromatic rings. The van der Waals surface area contributed by atoms with Crippen molar-refractivity contribution in [1.82, 2.24) is 15.5 Å². The lowest BCUT2D eigenvalue weighted by Gasteiger charge is -2.24. The molecule has 0 saturated carbocycles. The highest BCUT2D eigenvalue weighted by Crippen LogP contribution is 2.26. The van der Waals surface area contributed by atoms with Crippen molar-refractivity contribution in [2.24, 2.45) is 0 Å². The van der Waals surface area contributed by atoms with Gasteiger partial charge in [0, 0.05) is 23.9 Å². The van der Waals surface area contributed by atoms with E-state index in [1.54, 1.807) is 16.7 Å². The van der Waals surface area contributed by atoms with Gasteiger partial charge in [0.15, 0.2) is 0 Å². The van der Waals surface area contributed by atoms with Crippen LogP contribution in [-0.2, 0) is 10.2 Å². The van der Waals surface area contributed by atoms with Gasteiger partial charge < -0.3 is 15.5 Å². The number of halogens is 1. The summed E-state index contributed by atoms with van der Waals surface area (Å²) in [5.41, 5.74) is 1.88. The summed E-state index contributed by atoms with van der Waals surface area (Å²) in [6.07, 6.45) is 0. The molecule has 152 valence electrons. The molecule has 1 aliphatic rings. The van der Waals surface area contributed by atoms with Crippen LogP contribution in [0.25, 0.3) is 0 Å². The minimum absolute atomic E-state index is 0.